The van der Waals surface area contributed by atoms with Crippen molar-refractivity contribution in [2.45, 2.75) is 24.4 Å². The Morgan fingerprint density at radius 2 is 1.97 bits per heavy atom. The van der Waals surface area contributed by atoms with Gasteiger partial charge < -0.3 is 14.7 Å². The van der Waals surface area contributed by atoms with Crippen LogP contribution in [0.5, 0.6) is 11.5 Å². The second-order valence-corrected chi connectivity index (χ2v) is 8.67. The predicted octanol–water partition coefficient (Wildman–Crippen LogP) is 3.69. The van der Waals surface area contributed by atoms with Crippen LogP contribution in [0.3, 0.4) is 0 Å². The maximum absolute atomic E-state index is 13.0. The van der Waals surface area contributed by atoms with E-state index in [0.717, 1.165) is 30.7 Å². The molecule has 1 fully saturated rings. The lowest BCUT2D eigenvalue weighted by Crippen LogP contribution is -2.22. The molecule has 1 aliphatic heterocycles. The van der Waals surface area contributed by atoms with Crippen molar-refractivity contribution >= 4 is 21.7 Å². The summed E-state index contributed by atoms with van der Waals surface area (Å²) >= 11 is 0. The number of hydrogen-bond donors (Lipinski definition) is 2. The van der Waals surface area contributed by atoms with Gasteiger partial charge in [0.1, 0.15) is 10.6 Å². The first-order valence-electron chi connectivity index (χ1n) is 8.90. The smallest absolute Gasteiger partial charge is 0.416 e. The van der Waals surface area contributed by atoms with Crippen molar-refractivity contribution in [3.63, 3.8) is 0 Å². The lowest BCUT2D eigenvalue weighted by molar-refractivity contribution is -0.137. The van der Waals surface area contributed by atoms with E-state index in [4.69, 9.17) is 9.88 Å². The Morgan fingerprint density at radius 3 is 2.50 bits per heavy atom. The van der Waals surface area contributed by atoms with Gasteiger partial charge in [-0.05, 0) is 42.7 Å². The SMILES string of the molecule is CC1CCN(c2cc(C(=O)O)cc(S(N)(=O)=O)c2Oc2cccc(C(F)(F)F)c2)C1. The number of hydrogen-bond acceptors (Lipinski definition) is 5. The summed E-state index contributed by atoms with van der Waals surface area (Å²) in [5.41, 5.74) is -1.17. The van der Waals surface area contributed by atoms with Crippen molar-refractivity contribution in [2.24, 2.45) is 11.1 Å². The average molecular weight is 444 g/mol. The van der Waals surface area contributed by atoms with Crippen molar-refractivity contribution in [1.82, 2.24) is 0 Å². The number of halogens is 3. The van der Waals surface area contributed by atoms with E-state index in [1.807, 2.05) is 6.92 Å². The highest BCUT2D eigenvalue weighted by atomic mass is 32.2. The van der Waals surface area contributed by atoms with Gasteiger partial charge in [-0.25, -0.2) is 18.4 Å². The molecule has 0 spiro atoms. The number of rotatable bonds is 5. The van der Waals surface area contributed by atoms with E-state index in [1.165, 1.54) is 12.1 Å². The van der Waals surface area contributed by atoms with Gasteiger partial charge in [0, 0.05) is 13.1 Å². The summed E-state index contributed by atoms with van der Waals surface area (Å²) in [4.78, 5) is 12.6. The van der Waals surface area contributed by atoms with Gasteiger partial charge in [-0.15, -0.1) is 0 Å². The topological polar surface area (TPSA) is 110 Å². The van der Waals surface area contributed by atoms with Crippen LogP contribution in [-0.2, 0) is 16.2 Å². The third-order valence-electron chi connectivity index (χ3n) is 4.73. The van der Waals surface area contributed by atoms with E-state index < -0.39 is 32.6 Å². The van der Waals surface area contributed by atoms with Gasteiger partial charge >= 0.3 is 12.1 Å². The lowest BCUT2D eigenvalue weighted by Gasteiger charge is -2.24. The Morgan fingerprint density at radius 1 is 1.27 bits per heavy atom. The molecular weight excluding hydrogens is 425 g/mol. The van der Waals surface area contributed by atoms with Gasteiger partial charge in [0.15, 0.2) is 5.75 Å². The number of nitrogens with two attached hydrogens (primary N) is 1. The minimum Gasteiger partial charge on any atom is -0.478 e. The molecule has 0 amide bonds. The normalized spacial score (nSPS) is 17.2. The summed E-state index contributed by atoms with van der Waals surface area (Å²) in [5.74, 6) is -1.70. The minimum atomic E-state index is -4.62. The molecule has 162 valence electrons. The molecule has 0 aliphatic carbocycles. The third-order valence-corrected chi connectivity index (χ3v) is 5.65. The fraction of sp³-hybridized carbons (Fsp3) is 0.316. The summed E-state index contributed by atoms with van der Waals surface area (Å²) in [6.07, 6.45) is -3.85. The number of alkyl halides is 3. The molecule has 1 heterocycles. The summed E-state index contributed by atoms with van der Waals surface area (Å²) in [7, 11) is -4.45. The van der Waals surface area contributed by atoms with Crippen molar-refractivity contribution in [3.05, 3.63) is 47.5 Å². The van der Waals surface area contributed by atoms with Crippen LogP contribution in [0.1, 0.15) is 29.3 Å². The maximum Gasteiger partial charge on any atom is 0.416 e. The monoisotopic (exact) mass is 444 g/mol. The standard InChI is InChI=1S/C19H19F3N2O5S/c1-11-5-6-24(10-11)15-7-12(18(25)26)8-16(30(23,27)28)17(15)29-14-4-2-3-13(9-14)19(20,21)22/h2-4,7-9,11H,5-6,10H2,1H3,(H,25,26)(H2,23,27,28). The Labute approximate surface area is 170 Å². The number of ether oxygens (including phenoxy) is 1. The van der Waals surface area contributed by atoms with E-state index in [0.29, 0.717) is 13.1 Å². The lowest BCUT2D eigenvalue weighted by atomic mass is 10.1. The molecule has 0 radical (unpaired) electrons. The fourth-order valence-corrected chi connectivity index (χ4v) is 3.96. The van der Waals surface area contributed by atoms with Crippen molar-refractivity contribution in [1.29, 1.82) is 0 Å². The first kappa shape index (κ1) is 21.9. The summed E-state index contributed by atoms with van der Waals surface area (Å²) in [6.45, 7) is 2.95. The molecule has 1 aliphatic rings. The molecule has 1 unspecified atom stereocenters. The Hall–Kier alpha value is -2.79. The highest BCUT2D eigenvalue weighted by Gasteiger charge is 2.32. The quantitative estimate of drug-likeness (QED) is 0.728. The molecule has 30 heavy (non-hydrogen) atoms. The van der Waals surface area contributed by atoms with Crippen LogP contribution in [0.15, 0.2) is 41.3 Å². The first-order chi connectivity index (χ1) is 13.9. The second kappa shape index (κ2) is 7.80. The van der Waals surface area contributed by atoms with Crippen molar-refractivity contribution in [3.8, 4) is 11.5 Å². The van der Waals surface area contributed by atoms with Crippen molar-refractivity contribution in [2.75, 3.05) is 18.0 Å². The van der Waals surface area contributed by atoms with E-state index in [-0.39, 0.29) is 28.7 Å². The number of aromatic carboxylic acids is 1. The highest BCUT2D eigenvalue weighted by Crippen LogP contribution is 2.42. The van der Waals surface area contributed by atoms with Crippen LogP contribution in [0.4, 0.5) is 18.9 Å². The zero-order valence-electron chi connectivity index (χ0n) is 15.8. The van der Waals surface area contributed by atoms with E-state index >= 15 is 0 Å². The number of benzene rings is 2. The summed E-state index contributed by atoms with van der Waals surface area (Å²) < 4.78 is 69.1. The zero-order valence-corrected chi connectivity index (χ0v) is 16.6. The molecule has 0 bridgehead atoms. The number of sulfonamides is 1. The largest absolute Gasteiger partial charge is 0.478 e. The molecule has 1 saturated heterocycles. The number of carboxylic acid groups (broad SMARTS) is 1. The van der Waals surface area contributed by atoms with Crippen LogP contribution >= 0.6 is 0 Å². The number of carbonyl (C=O) groups is 1. The number of anilines is 1. The Balaban J connectivity index is 2.19. The molecule has 0 aromatic heterocycles. The molecule has 2 aromatic carbocycles. The van der Waals surface area contributed by atoms with Gasteiger partial charge in [0.2, 0.25) is 10.0 Å². The molecule has 1 atom stereocenters. The van der Waals surface area contributed by atoms with E-state index in [9.17, 15) is 31.5 Å². The molecule has 7 nitrogen and oxygen atoms in total. The molecule has 3 N–H and O–H groups in total. The van der Waals surface area contributed by atoms with E-state index in [2.05, 4.69) is 0 Å². The van der Waals surface area contributed by atoms with Crippen LogP contribution < -0.4 is 14.8 Å². The molecule has 11 heteroatoms. The maximum atomic E-state index is 13.0. The van der Waals surface area contributed by atoms with Crippen LogP contribution in [-0.4, -0.2) is 32.6 Å². The van der Waals surface area contributed by atoms with E-state index in [1.54, 1.807) is 4.90 Å². The Bertz CT molecular complexity index is 1090. The molecule has 3 rings (SSSR count). The third kappa shape index (κ3) is 4.68. The van der Waals surface area contributed by atoms with Gasteiger partial charge in [-0.3, -0.25) is 0 Å². The van der Waals surface area contributed by atoms with Gasteiger partial charge in [0.05, 0.1) is 16.8 Å². The van der Waals surface area contributed by atoms with Crippen molar-refractivity contribution < 1.29 is 36.2 Å². The number of nitrogens with zero attached hydrogens (tertiary/aromatic N) is 1. The average Bonchev–Trinajstić information content (AvgIpc) is 3.06. The van der Waals surface area contributed by atoms with Crippen LogP contribution in [0.25, 0.3) is 0 Å². The second-order valence-electron chi connectivity index (χ2n) is 7.14. The van der Waals surface area contributed by atoms with Gasteiger partial charge in [-0.2, -0.15) is 13.2 Å². The summed E-state index contributed by atoms with van der Waals surface area (Å²) in [5, 5.41) is 14.7. The van der Waals surface area contributed by atoms with Crippen LogP contribution in [0.2, 0.25) is 0 Å². The van der Waals surface area contributed by atoms with Gasteiger partial charge in [0.25, 0.3) is 0 Å². The fourth-order valence-electron chi connectivity index (χ4n) is 3.27. The number of primary sulfonamides is 1. The number of carboxylic acids is 1. The molecule has 0 saturated carbocycles. The predicted molar refractivity (Wildman–Crippen MR) is 102 cm³/mol. The van der Waals surface area contributed by atoms with Gasteiger partial charge in [-0.1, -0.05) is 13.0 Å². The first-order valence-corrected chi connectivity index (χ1v) is 10.4. The minimum absolute atomic E-state index is 0.140. The summed E-state index contributed by atoms with van der Waals surface area (Å²) in [6, 6.07) is 6.02. The highest BCUT2D eigenvalue weighted by molar-refractivity contribution is 7.89. The molecule has 2 aromatic rings. The zero-order chi connectivity index (χ0) is 22.3. The van der Waals surface area contributed by atoms with Crippen LogP contribution in [0, 0.1) is 5.92 Å². The Kier molecular flexibility index (Phi) is 5.70. The molecular formula is C19H19F3N2O5S.